The minimum atomic E-state index is -3.59. The van der Waals surface area contributed by atoms with Gasteiger partial charge in [0.05, 0.1) is 11.9 Å². The average Bonchev–Trinajstić information content (AvgIpc) is 2.94. The normalized spacial score (nSPS) is 12.8. The van der Waals surface area contributed by atoms with E-state index in [1.165, 1.54) is 10.6 Å². The topological polar surface area (TPSA) is 86.8 Å². The molecule has 0 aromatic heterocycles. The fraction of sp³-hybridized carbons (Fsp3) is 0.394. The van der Waals surface area contributed by atoms with Crippen LogP contribution in [0.25, 0.3) is 0 Å². The van der Waals surface area contributed by atoms with Gasteiger partial charge in [0, 0.05) is 37.0 Å². The number of halogens is 1. The monoisotopic (exact) mass is 611 g/mol. The summed E-state index contributed by atoms with van der Waals surface area (Å²) in [6, 6.07) is 21.6. The van der Waals surface area contributed by atoms with Gasteiger partial charge in [-0.05, 0) is 74.1 Å². The van der Waals surface area contributed by atoms with Gasteiger partial charge >= 0.3 is 0 Å². The molecule has 0 spiro atoms. The van der Waals surface area contributed by atoms with Crippen molar-refractivity contribution in [3.63, 3.8) is 0 Å². The summed E-state index contributed by atoms with van der Waals surface area (Å²) in [6.07, 6.45) is 2.63. The highest BCUT2D eigenvalue weighted by Crippen LogP contribution is 2.26. The maximum atomic E-state index is 14.0. The van der Waals surface area contributed by atoms with Crippen LogP contribution in [0.5, 0.6) is 0 Å². The number of sulfonamides is 1. The summed E-state index contributed by atoms with van der Waals surface area (Å²) >= 11 is 6.27. The van der Waals surface area contributed by atoms with Gasteiger partial charge in [0.1, 0.15) is 6.04 Å². The second-order valence-electron chi connectivity index (χ2n) is 10.8. The van der Waals surface area contributed by atoms with Gasteiger partial charge in [-0.25, -0.2) is 8.42 Å². The number of nitrogens with zero attached hydrogens (tertiary/aromatic N) is 2. The van der Waals surface area contributed by atoms with Crippen LogP contribution in [0.15, 0.2) is 72.8 Å². The molecule has 0 radical (unpaired) electrons. The summed E-state index contributed by atoms with van der Waals surface area (Å²) in [4.78, 5) is 29.2. The van der Waals surface area contributed by atoms with E-state index >= 15 is 0 Å². The molecule has 3 rings (SSSR count). The van der Waals surface area contributed by atoms with Gasteiger partial charge in [-0.15, -0.1) is 0 Å². The van der Waals surface area contributed by atoms with Gasteiger partial charge in [-0.3, -0.25) is 13.9 Å². The van der Waals surface area contributed by atoms with Gasteiger partial charge in [0.25, 0.3) is 0 Å². The molecule has 9 heteroatoms. The standard InChI is InChI=1S/C33H42ClN3O4S/c1-6-25(3)35-33(39)31(22-27-14-8-7-9-15-27)36(23-28-16-11-17-29(34)21-28)32(38)19-12-20-37(42(5,40)41)30-18-10-13-24(2)26(30)4/h7-11,13-18,21,25,31H,6,12,19-20,22-23H2,1-5H3,(H,35,39)/t25-,31+/m1/s1. The third-order valence-electron chi connectivity index (χ3n) is 7.51. The van der Waals surface area contributed by atoms with Gasteiger partial charge in [-0.1, -0.05) is 73.1 Å². The number of carbonyl (C=O) groups is 2. The van der Waals surface area contributed by atoms with Crippen LogP contribution in [0.2, 0.25) is 5.02 Å². The van der Waals surface area contributed by atoms with Crippen molar-refractivity contribution in [2.45, 2.75) is 72.0 Å². The second kappa shape index (κ2) is 15.2. The van der Waals surface area contributed by atoms with Crippen molar-refractivity contribution >= 4 is 39.1 Å². The predicted octanol–water partition coefficient (Wildman–Crippen LogP) is 6.06. The summed E-state index contributed by atoms with van der Waals surface area (Å²) in [6.45, 7) is 8.10. The van der Waals surface area contributed by atoms with Gasteiger partial charge in [0.2, 0.25) is 21.8 Å². The molecule has 1 N–H and O–H groups in total. The van der Waals surface area contributed by atoms with E-state index in [-0.39, 0.29) is 43.8 Å². The molecule has 0 bridgehead atoms. The molecule has 0 unspecified atom stereocenters. The second-order valence-corrected chi connectivity index (χ2v) is 13.2. The molecule has 226 valence electrons. The predicted molar refractivity (Wildman–Crippen MR) is 171 cm³/mol. The lowest BCUT2D eigenvalue weighted by Crippen LogP contribution is -2.52. The smallest absolute Gasteiger partial charge is 0.243 e. The summed E-state index contributed by atoms with van der Waals surface area (Å²) in [5, 5.41) is 3.61. The fourth-order valence-electron chi connectivity index (χ4n) is 4.82. The Balaban J connectivity index is 1.91. The van der Waals surface area contributed by atoms with E-state index in [4.69, 9.17) is 11.6 Å². The third kappa shape index (κ3) is 9.33. The molecular weight excluding hydrogens is 570 g/mol. The van der Waals surface area contributed by atoms with Crippen LogP contribution in [-0.2, 0) is 32.6 Å². The van der Waals surface area contributed by atoms with Crippen molar-refractivity contribution in [1.29, 1.82) is 0 Å². The Hall–Kier alpha value is -3.36. The summed E-state index contributed by atoms with van der Waals surface area (Å²) < 4.78 is 26.9. The Morgan fingerprint density at radius 2 is 1.62 bits per heavy atom. The number of rotatable bonds is 14. The number of anilines is 1. The minimum absolute atomic E-state index is 0.0558. The number of hydrogen-bond donors (Lipinski definition) is 1. The number of nitrogens with one attached hydrogen (secondary N) is 1. The van der Waals surface area contributed by atoms with Gasteiger partial charge < -0.3 is 10.2 Å². The Kier molecular flexibility index (Phi) is 12.0. The van der Waals surface area contributed by atoms with Crippen molar-refractivity contribution in [3.8, 4) is 0 Å². The van der Waals surface area contributed by atoms with Crippen LogP contribution in [0, 0.1) is 13.8 Å². The zero-order valence-electron chi connectivity index (χ0n) is 25.1. The molecule has 0 saturated heterocycles. The molecule has 0 aliphatic rings. The molecule has 42 heavy (non-hydrogen) atoms. The number of aryl methyl sites for hydroxylation is 1. The molecule has 7 nitrogen and oxygen atoms in total. The summed E-state index contributed by atoms with van der Waals surface area (Å²) in [7, 11) is -3.59. The van der Waals surface area contributed by atoms with Crippen LogP contribution in [0.1, 0.15) is 55.4 Å². The number of hydrogen-bond acceptors (Lipinski definition) is 4. The largest absolute Gasteiger partial charge is 0.352 e. The van der Waals surface area contributed by atoms with Crippen molar-refractivity contribution < 1.29 is 18.0 Å². The first-order chi connectivity index (χ1) is 19.9. The van der Waals surface area contributed by atoms with E-state index < -0.39 is 16.1 Å². The number of carbonyl (C=O) groups excluding carboxylic acids is 2. The summed E-state index contributed by atoms with van der Waals surface area (Å²) in [5.41, 5.74) is 4.21. The Bertz CT molecular complexity index is 1460. The first-order valence-corrected chi connectivity index (χ1v) is 16.6. The van der Waals surface area contributed by atoms with E-state index in [1.807, 2.05) is 82.3 Å². The zero-order chi connectivity index (χ0) is 30.9. The molecule has 2 atom stereocenters. The molecule has 2 amide bonds. The number of amides is 2. The Morgan fingerprint density at radius 3 is 2.26 bits per heavy atom. The average molecular weight is 612 g/mol. The van der Waals surface area contributed by atoms with Crippen molar-refractivity contribution in [2.24, 2.45) is 0 Å². The van der Waals surface area contributed by atoms with Gasteiger partial charge in [-0.2, -0.15) is 0 Å². The highest BCUT2D eigenvalue weighted by molar-refractivity contribution is 7.92. The molecule has 0 fully saturated rings. The minimum Gasteiger partial charge on any atom is -0.352 e. The van der Waals surface area contributed by atoms with Crippen LogP contribution >= 0.6 is 11.6 Å². The lowest BCUT2D eigenvalue weighted by atomic mass is 10.0. The number of benzene rings is 3. The Labute approximate surface area is 255 Å². The highest BCUT2D eigenvalue weighted by atomic mass is 35.5. The van der Waals surface area contributed by atoms with E-state index in [0.29, 0.717) is 17.1 Å². The van der Waals surface area contributed by atoms with Crippen molar-refractivity contribution in [3.05, 3.63) is 100 Å². The molecule has 0 saturated carbocycles. The maximum absolute atomic E-state index is 14.0. The van der Waals surface area contributed by atoms with E-state index in [1.54, 1.807) is 23.1 Å². The molecule has 0 aliphatic heterocycles. The molecule has 0 aliphatic carbocycles. The van der Waals surface area contributed by atoms with Crippen LogP contribution in [0.4, 0.5) is 5.69 Å². The quantitative estimate of drug-likeness (QED) is 0.240. The molecule has 3 aromatic rings. The first kappa shape index (κ1) is 33.1. The molecular formula is C33H42ClN3O4S. The van der Waals surface area contributed by atoms with E-state index in [2.05, 4.69) is 5.32 Å². The SMILES string of the molecule is CC[C@@H](C)NC(=O)[C@H](Cc1ccccc1)N(Cc1cccc(Cl)c1)C(=O)CCCN(c1cccc(C)c1C)S(C)(=O)=O. The lowest BCUT2D eigenvalue weighted by Gasteiger charge is -2.33. The Morgan fingerprint density at radius 1 is 0.952 bits per heavy atom. The van der Waals surface area contributed by atoms with E-state index in [9.17, 15) is 18.0 Å². The third-order valence-corrected chi connectivity index (χ3v) is 8.93. The van der Waals surface area contributed by atoms with Crippen LogP contribution in [0.3, 0.4) is 0 Å². The van der Waals surface area contributed by atoms with Gasteiger partial charge in [0.15, 0.2) is 0 Å². The maximum Gasteiger partial charge on any atom is 0.243 e. The first-order valence-electron chi connectivity index (χ1n) is 14.3. The van der Waals surface area contributed by atoms with E-state index in [0.717, 1.165) is 28.7 Å². The van der Waals surface area contributed by atoms with Crippen LogP contribution in [-0.4, -0.2) is 50.0 Å². The highest BCUT2D eigenvalue weighted by Gasteiger charge is 2.31. The summed E-state index contributed by atoms with van der Waals surface area (Å²) in [5.74, 6) is -0.457. The van der Waals surface area contributed by atoms with Crippen LogP contribution < -0.4 is 9.62 Å². The van der Waals surface area contributed by atoms with Crippen molar-refractivity contribution in [2.75, 3.05) is 17.1 Å². The zero-order valence-corrected chi connectivity index (χ0v) is 26.7. The fourth-order valence-corrected chi connectivity index (χ4v) is 6.04. The lowest BCUT2D eigenvalue weighted by molar-refractivity contribution is -0.141. The van der Waals surface area contributed by atoms with Crippen molar-refractivity contribution in [1.82, 2.24) is 10.2 Å². The molecule has 0 heterocycles. The molecule has 3 aromatic carbocycles.